The van der Waals surface area contributed by atoms with Crippen LogP contribution in [0.4, 0.5) is 5.69 Å². The van der Waals surface area contributed by atoms with Crippen molar-refractivity contribution in [3.63, 3.8) is 0 Å². The van der Waals surface area contributed by atoms with Crippen molar-refractivity contribution in [2.24, 2.45) is 0 Å². The lowest BCUT2D eigenvalue weighted by Gasteiger charge is -2.07. The number of nitrogens with one attached hydrogen (secondary N) is 1. The largest absolute Gasteiger partial charge is 0.502 e. The number of hydrogen-bond donors (Lipinski definition) is 2. The summed E-state index contributed by atoms with van der Waals surface area (Å²) in [7, 11) is 0. The van der Waals surface area contributed by atoms with Crippen molar-refractivity contribution in [2.75, 3.05) is 19.8 Å². The van der Waals surface area contributed by atoms with Crippen molar-refractivity contribution < 1.29 is 19.6 Å². The van der Waals surface area contributed by atoms with Gasteiger partial charge in [-0.2, -0.15) is 0 Å². The van der Waals surface area contributed by atoms with E-state index in [2.05, 4.69) is 12.2 Å². The van der Waals surface area contributed by atoms with E-state index in [0.717, 1.165) is 18.9 Å². The van der Waals surface area contributed by atoms with Crippen LogP contribution in [-0.2, 0) is 4.74 Å². The second kappa shape index (κ2) is 8.11. The zero-order valence-corrected chi connectivity index (χ0v) is 11.3. The second-order valence-corrected chi connectivity index (χ2v) is 4.15. The fraction of sp³-hybridized carbons (Fsp3) is 0.462. The molecule has 0 bridgehead atoms. The van der Waals surface area contributed by atoms with Crippen molar-refractivity contribution in [3.8, 4) is 5.75 Å². The SMILES string of the molecule is CCCCOCCNC(=O)c1cccc([N+](=O)[O-])c1O. The monoisotopic (exact) mass is 282 g/mol. The molecule has 1 amide bonds. The highest BCUT2D eigenvalue weighted by Gasteiger charge is 2.20. The van der Waals surface area contributed by atoms with Gasteiger partial charge in [0.25, 0.3) is 5.91 Å². The number of nitro groups is 1. The van der Waals surface area contributed by atoms with E-state index in [0.29, 0.717) is 13.2 Å². The summed E-state index contributed by atoms with van der Waals surface area (Å²) in [5.41, 5.74) is -0.607. The first-order chi connectivity index (χ1) is 9.57. The van der Waals surface area contributed by atoms with E-state index in [1.54, 1.807) is 0 Å². The first kappa shape index (κ1) is 15.9. The molecule has 0 saturated carbocycles. The Balaban J connectivity index is 2.52. The third-order valence-electron chi connectivity index (χ3n) is 2.63. The summed E-state index contributed by atoms with van der Waals surface area (Å²) in [6.45, 7) is 3.33. The molecule has 20 heavy (non-hydrogen) atoms. The Morgan fingerprint density at radius 3 is 2.85 bits per heavy atom. The van der Waals surface area contributed by atoms with Crippen LogP contribution in [0.15, 0.2) is 18.2 Å². The van der Waals surface area contributed by atoms with E-state index < -0.39 is 22.3 Å². The van der Waals surface area contributed by atoms with Crippen LogP contribution in [-0.4, -0.2) is 35.7 Å². The van der Waals surface area contributed by atoms with Gasteiger partial charge in [0.05, 0.1) is 17.1 Å². The van der Waals surface area contributed by atoms with Crippen LogP contribution in [0, 0.1) is 10.1 Å². The van der Waals surface area contributed by atoms with E-state index in [1.807, 2.05) is 0 Å². The van der Waals surface area contributed by atoms with Gasteiger partial charge in [0.15, 0.2) is 0 Å². The summed E-state index contributed by atoms with van der Waals surface area (Å²) in [6, 6.07) is 3.82. The molecular weight excluding hydrogens is 264 g/mol. The second-order valence-electron chi connectivity index (χ2n) is 4.15. The van der Waals surface area contributed by atoms with Crippen LogP contribution >= 0.6 is 0 Å². The molecule has 0 aliphatic rings. The number of nitro benzene ring substituents is 1. The fourth-order valence-electron chi connectivity index (χ4n) is 1.54. The molecule has 0 fully saturated rings. The summed E-state index contributed by atoms with van der Waals surface area (Å²) in [6.07, 6.45) is 1.99. The zero-order valence-electron chi connectivity index (χ0n) is 11.3. The molecule has 110 valence electrons. The van der Waals surface area contributed by atoms with Crippen LogP contribution in [0.25, 0.3) is 0 Å². The summed E-state index contributed by atoms with van der Waals surface area (Å²) >= 11 is 0. The molecule has 0 aromatic heterocycles. The molecule has 1 aromatic carbocycles. The molecule has 0 spiro atoms. The lowest BCUT2D eigenvalue weighted by atomic mass is 10.1. The number of phenols is 1. The third-order valence-corrected chi connectivity index (χ3v) is 2.63. The van der Waals surface area contributed by atoms with E-state index in [1.165, 1.54) is 12.1 Å². The number of ether oxygens (including phenoxy) is 1. The number of hydrogen-bond acceptors (Lipinski definition) is 5. The minimum atomic E-state index is -0.736. The van der Waals surface area contributed by atoms with Crippen molar-refractivity contribution in [3.05, 3.63) is 33.9 Å². The number of unbranched alkanes of at least 4 members (excludes halogenated alkanes) is 1. The molecule has 0 aliphatic heterocycles. The van der Waals surface area contributed by atoms with Gasteiger partial charge in [0.2, 0.25) is 5.75 Å². The molecule has 1 rings (SSSR count). The van der Waals surface area contributed by atoms with E-state index >= 15 is 0 Å². The lowest BCUT2D eigenvalue weighted by molar-refractivity contribution is -0.385. The van der Waals surface area contributed by atoms with Gasteiger partial charge in [-0.05, 0) is 12.5 Å². The molecular formula is C13H18N2O5. The van der Waals surface area contributed by atoms with E-state index in [4.69, 9.17) is 4.74 Å². The number of amides is 1. The molecule has 0 radical (unpaired) electrons. The predicted octanol–water partition coefficient (Wildman–Crippen LogP) is 1.85. The quantitative estimate of drug-likeness (QED) is 0.430. The molecule has 0 heterocycles. The zero-order chi connectivity index (χ0) is 15.0. The predicted molar refractivity (Wildman–Crippen MR) is 72.8 cm³/mol. The van der Waals surface area contributed by atoms with Gasteiger partial charge in [-0.25, -0.2) is 0 Å². The number of phenolic OH excluding ortho intramolecular Hbond substituents is 1. The molecule has 0 aliphatic carbocycles. The Kier molecular flexibility index (Phi) is 6.45. The van der Waals surface area contributed by atoms with Crippen LogP contribution in [0.2, 0.25) is 0 Å². The maximum atomic E-state index is 11.8. The van der Waals surface area contributed by atoms with Crippen molar-refractivity contribution in [1.29, 1.82) is 0 Å². The maximum Gasteiger partial charge on any atom is 0.311 e. The topological polar surface area (TPSA) is 102 Å². The van der Waals surface area contributed by atoms with Gasteiger partial charge in [0.1, 0.15) is 0 Å². The van der Waals surface area contributed by atoms with Gasteiger partial charge in [-0.15, -0.1) is 0 Å². The normalized spacial score (nSPS) is 10.2. The molecule has 2 N–H and O–H groups in total. The summed E-state index contributed by atoms with van der Waals surface area (Å²) in [5, 5.41) is 22.9. The molecule has 0 unspecified atom stereocenters. The number of aromatic hydroxyl groups is 1. The summed E-state index contributed by atoms with van der Waals surface area (Å²) in [5.74, 6) is -1.19. The average Bonchev–Trinajstić information content (AvgIpc) is 2.42. The Morgan fingerprint density at radius 2 is 2.20 bits per heavy atom. The summed E-state index contributed by atoms with van der Waals surface area (Å²) < 4.78 is 5.27. The highest BCUT2D eigenvalue weighted by Crippen LogP contribution is 2.28. The third kappa shape index (κ3) is 4.51. The Bertz CT molecular complexity index is 476. The Labute approximate surface area is 116 Å². The number of rotatable bonds is 8. The average molecular weight is 282 g/mol. The number of para-hydroxylation sites is 1. The molecule has 0 saturated heterocycles. The van der Waals surface area contributed by atoms with E-state index in [-0.39, 0.29) is 12.1 Å². The van der Waals surface area contributed by atoms with Crippen LogP contribution in [0.3, 0.4) is 0 Å². The molecule has 7 nitrogen and oxygen atoms in total. The first-order valence-electron chi connectivity index (χ1n) is 6.40. The van der Waals surface area contributed by atoms with Gasteiger partial charge >= 0.3 is 5.69 Å². The summed E-state index contributed by atoms with van der Waals surface area (Å²) in [4.78, 5) is 21.7. The van der Waals surface area contributed by atoms with Crippen molar-refractivity contribution in [2.45, 2.75) is 19.8 Å². The van der Waals surface area contributed by atoms with Gasteiger partial charge in [0, 0.05) is 19.2 Å². The van der Waals surface area contributed by atoms with Crippen LogP contribution in [0.1, 0.15) is 30.1 Å². The standard InChI is InChI=1S/C13H18N2O5/c1-2-3-8-20-9-7-14-13(17)10-5-4-6-11(12(10)16)15(18)19/h4-6,16H,2-3,7-9H2,1H3,(H,14,17). The van der Waals surface area contributed by atoms with E-state index in [9.17, 15) is 20.0 Å². The van der Waals surface area contributed by atoms with Crippen LogP contribution in [0.5, 0.6) is 5.75 Å². The number of nitrogens with zero attached hydrogens (tertiary/aromatic N) is 1. The highest BCUT2D eigenvalue weighted by molar-refractivity contribution is 5.98. The maximum absolute atomic E-state index is 11.8. The Morgan fingerprint density at radius 1 is 1.45 bits per heavy atom. The first-order valence-corrected chi connectivity index (χ1v) is 6.40. The van der Waals surface area contributed by atoms with Gasteiger partial charge in [-0.1, -0.05) is 19.4 Å². The Hall–Kier alpha value is -2.15. The number of carbonyl (C=O) groups is 1. The number of benzene rings is 1. The van der Waals surface area contributed by atoms with Gasteiger partial charge < -0.3 is 15.2 Å². The minimum absolute atomic E-state index is 0.118. The highest BCUT2D eigenvalue weighted by atomic mass is 16.6. The number of carbonyl (C=O) groups excluding carboxylic acids is 1. The van der Waals surface area contributed by atoms with Crippen LogP contribution < -0.4 is 5.32 Å². The van der Waals surface area contributed by atoms with Gasteiger partial charge in [-0.3, -0.25) is 14.9 Å². The van der Waals surface area contributed by atoms with Crippen molar-refractivity contribution in [1.82, 2.24) is 5.32 Å². The fourth-order valence-corrected chi connectivity index (χ4v) is 1.54. The minimum Gasteiger partial charge on any atom is -0.502 e. The lowest BCUT2D eigenvalue weighted by Crippen LogP contribution is -2.27. The molecule has 7 heteroatoms. The molecule has 1 aromatic rings. The smallest absolute Gasteiger partial charge is 0.311 e. The van der Waals surface area contributed by atoms with Crippen molar-refractivity contribution >= 4 is 11.6 Å². The molecule has 0 atom stereocenters.